The van der Waals surface area contributed by atoms with E-state index in [0.29, 0.717) is 61.4 Å². The zero-order chi connectivity index (χ0) is 23.6. The van der Waals surface area contributed by atoms with Crippen molar-refractivity contribution in [1.29, 1.82) is 0 Å². The van der Waals surface area contributed by atoms with Crippen LogP contribution in [-0.2, 0) is 10.9 Å². The maximum atomic E-state index is 13.2. The molecule has 4 rings (SSSR count). The molecular weight excluding hydrogens is 439 g/mol. The van der Waals surface area contributed by atoms with Crippen LogP contribution in [0, 0.1) is 12.8 Å². The molecule has 1 aromatic carbocycles. The molecule has 8 nitrogen and oxygen atoms in total. The lowest BCUT2D eigenvalue weighted by Gasteiger charge is -2.28. The topological polar surface area (TPSA) is 88.6 Å². The summed E-state index contributed by atoms with van der Waals surface area (Å²) in [5, 5.41) is 5.42. The lowest BCUT2D eigenvalue weighted by atomic mass is 10.1. The highest BCUT2D eigenvalue weighted by Crippen LogP contribution is 2.36. The Morgan fingerprint density at radius 3 is 2.64 bits per heavy atom. The molecule has 1 aliphatic heterocycles. The summed E-state index contributed by atoms with van der Waals surface area (Å²) in [6.07, 6.45) is -1.67. The normalized spacial score (nSPS) is 16.5. The van der Waals surface area contributed by atoms with Crippen LogP contribution in [0.2, 0.25) is 0 Å². The lowest BCUT2D eigenvalue weighted by Crippen LogP contribution is -2.41. The summed E-state index contributed by atoms with van der Waals surface area (Å²) in [6.45, 7) is 4.32. The minimum atomic E-state index is -4.58. The van der Waals surface area contributed by atoms with E-state index < -0.39 is 11.7 Å². The van der Waals surface area contributed by atoms with Crippen LogP contribution in [0.4, 0.5) is 30.6 Å². The van der Waals surface area contributed by atoms with Gasteiger partial charge in [-0.3, -0.25) is 4.79 Å². The number of benzene rings is 1. The van der Waals surface area contributed by atoms with E-state index in [1.807, 2.05) is 0 Å². The third-order valence-corrected chi connectivity index (χ3v) is 5.60. The standard InChI is InChI=1S/C22H26F3N5O3/c1-13-9-17(28-21-27-11-16(22(23,24)25)19(26-2)29-21)18(33-12-14-3-4-14)10-15(13)20(31)30-5-7-32-8-6-30/h9-11,14H,3-8,12H2,1-2H3,(H2,26,27,28,29). The van der Waals surface area contributed by atoms with Crippen molar-refractivity contribution >= 4 is 23.4 Å². The van der Waals surface area contributed by atoms with Gasteiger partial charge in [0, 0.05) is 31.9 Å². The molecule has 1 amide bonds. The maximum absolute atomic E-state index is 13.2. The molecule has 2 fully saturated rings. The first-order valence-electron chi connectivity index (χ1n) is 10.8. The van der Waals surface area contributed by atoms with Crippen LogP contribution >= 0.6 is 0 Å². The molecular formula is C22H26F3N5O3. The second-order valence-electron chi connectivity index (χ2n) is 8.15. The Labute approximate surface area is 189 Å². The molecule has 2 aromatic rings. The smallest absolute Gasteiger partial charge is 0.421 e. The number of hydrogen-bond donors (Lipinski definition) is 2. The van der Waals surface area contributed by atoms with Crippen LogP contribution in [0.1, 0.15) is 34.3 Å². The SMILES string of the molecule is CNc1nc(Nc2cc(C)c(C(=O)N3CCOCC3)cc2OCC2CC2)ncc1C(F)(F)F. The molecule has 0 radical (unpaired) electrons. The zero-order valence-electron chi connectivity index (χ0n) is 18.5. The van der Waals surface area contributed by atoms with E-state index in [1.165, 1.54) is 7.05 Å². The Balaban J connectivity index is 1.63. The number of nitrogens with zero attached hydrogens (tertiary/aromatic N) is 3. The number of amides is 1. The Morgan fingerprint density at radius 1 is 1.27 bits per heavy atom. The van der Waals surface area contributed by atoms with Gasteiger partial charge in [-0.2, -0.15) is 18.2 Å². The number of rotatable bonds is 7. The molecule has 2 N–H and O–H groups in total. The molecule has 178 valence electrons. The fraction of sp³-hybridized carbons (Fsp3) is 0.500. The average Bonchev–Trinajstić information content (AvgIpc) is 3.62. The van der Waals surface area contributed by atoms with Crippen LogP contribution in [-0.4, -0.2) is 60.7 Å². The van der Waals surface area contributed by atoms with E-state index in [9.17, 15) is 18.0 Å². The summed E-state index contributed by atoms with van der Waals surface area (Å²) < 4.78 is 50.8. The highest BCUT2D eigenvalue weighted by molar-refractivity contribution is 5.97. The quantitative estimate of drug-likeness (QED) is 0.642. The van der Waals surface area contributed by atoms with Crippen molar-refractivity contribution in [2.75, 3.05) is 50.6 Å². The van der Waals surface area contributed by atoms with Gasteiger partial charge in [-0.25, -0.2) is 4.98 Å². The van der Waals surface area contributed by atoms with Gasteiger partial charge >= 0.3 is 6.18 Å². The number of carbonyl (C=O) groups is 1. The van der Waals surface area contributed by atoms with Gasteiger partial charge in [-0.15, -0.1) is 0 Å². The number of nitrogens with one attached hydrogen (secondary N) is 2. The number of aryl methyl sites for hydroxylation is 1. The fourth-order valence-corrected chi connectivity index (χ4v) is 3.53. The van der Waals surface area contributed by atoms with Crippen molar-refractivity contribution in [3.05, 3.63) is 35.0 Å². The number of aromatic nitrogens is 2. The van der Waals surface area contributed by atoms with Crippen LogP contribution in [0.15, 0.2) is 18.3 Å². The van der Waals surface area contributed by atoms with Gasteiger partial charge in [0.15, 0.2) is 0 Å². The molecule has 2 heterocycles. The molecule has 0 atom stereocenters. The number of halogens is 3. The predicted molar refractivity (Wildman–Crippen MR) is 116 cm³/mol. The summed E-state index contributed by atoms with van der Waals surface area (Å²) in [7, 11) is 1.36. The largest absolute Gasteiger partial charge is 0.491 e. The molecule has 0 spiro atoms. The average molecular weight is 465 g/mol. The monoisotopic (exact) mass is 465 g/mol. The van der Waals surface area contributed by atoms with Gasteiger partial charge in [-0.05, 0) is 43.4 Å². The molecule has 1 saturated carbocycles. The summed E-state index contributed by atoms with van der Waals surface area (Å²) in [6, 6.07) is 3.41. The number of morpholine rings is 1. The Hall–Kier alpha value is -3.08. The first-order valence-corrected chi connectivity index (χ1v) is 10.8. The van der Waals surface area contributed by atoms with Crippen molar-refractivity contribution in [1.82, 2.24) is 14.9 Å². The van der Waals surface area contributed by atoms with Gasteiger partial charge < -0.3 is 25.0 Å². The third-order valence-electron chi connectivity index (χ3n) is 5.60. The molecule has 1 aliphatic carbocycles. The van der Waals surface area contributed by atoms with E-state index in [4.69, 9.17) is 9.47 Å². The molecule has 1 aromatic heterocycles. The number of anilines is 3. The molecule has 0 unspecified atom stereocenters. The van der Waals surface area contributed by atoms with Gasteiger partial charge in [0.2, 0.25) is 5.95 Å². The van der Waals surface area contributed by atoms with Crippen LogP contribution in [0.3, 0.4) is 0 Å². The van der Waals surface area contributed by atoms with Crippen LogP contribution < -0.4 is 15.4 Å². The van der Waals surface area contributed by atoms with Crippen molar-refractivity contribution in [3.63, 3.8) is 0 Å². The minimum Gasteiger partial charge on any atom is -0.491 e. The van der Waals surface area contributed by atoms with Gasteiger partial charge in [0.1, 0.15) is 17.1 Å². The van der Waals surface area contributed by atoms with E-state index >= 15 is 0 Å². The second-order valence-corrected chi connectivity index (χ2v) is 8.15. The van der Waals surface area contributed by atoms with Crippen LogP contribution in [0.5, 0.6) is 5.75 Å². The van der Waals surface area contributed by atoms with Gasteiger partial charge in [-0.1, -0.05) is 0 Å². The molecule has 1 saturated heterocycles. The first kappa shape index (κ1) is 23.1. The van der Waals surface area contributed by atoms with Crippen LogP contribution in [0.25, 0.3) is 0 Å². The summed E-state index contributed by atoms with van der Waals surface area (Å²) in [4.78, 5) is 22.6. The summed E-state index contributed by atoms with van der Waals surface area (Å²) in [5.74, 6) is 0.433. The number of ether oxygens (including phenoxy) is 2. The molecule has 2 aliphatic rings. The van der Waals surface area contributed by atoms with E-state index in [1.54, 1.807) is 24.0 Å². The lowest BCUT2D eigenvalue weighted by molar-refractivity contribution is -0.137. The molecule has 33 heavy (non-hydrogen) atoms. The number of hydrogen-bond acceptors (Lipinski definition) is 7. The maximum Gasteiger partial charge on any atom is 0.421 e. The Kier molecular flexibility index (Phi) is 6.59. The molecule has 11 heteroatoms. The predicted octanol–water partition coefficient (Wildman–Crippen LogP) is 3.85. The van der Waals surface area contributed by atoms with Crippen molar-refractivity contribution in [2.45, 2.75) is 25.9 Å². The van der Waals surface area contributed by atoms with E-state index in [0.717, 1.165) is 19.0 Å². The van der Waals surface area contributed by atoms with Crippen molar-refractivity contribution in [3.8, 4) is 5.75 Å². The first-order chi connectivity index (χ1) is 15.8. The summed E-state index contributed by atoms with van der Waals surface area (Å²) >= 11 is 0. The summed E-state index contributed by atoms with van der Waals surface area (Å²) in [5.41, 5.74) is 0.739. The van der Waals surface area contributed by atoms with Gasteiger partial charge in [0.25, 0.3) is 5.91 Å². The fourth-order valence-electron chi connectivity index (χ4n) is 3.53. The molecule has 0 bridgehead atoms. The van der Waals surface area contributed by atoms with E-state index in [2.05, 4.69) is 20.6 Å². The number of carbonyl (C=O) groups excluding carboxylic acids is 1. The Bertz CT molecular complexity index is 1020. The number of alkyl halides is 3. The minimum absolute atomic E-state index is 0.0183. The highest BCUT2D eigenvalue weighted by Gasteiger charge is 2.35. The third kappa shape index (κ3) is 5.47. The van der Waals surface area contributed by atoms with Gasteiger partial charge in [0.05, 0.1) is 25.5 Å². The van der Waals surface area contributed by atoms with Crippen molar-refractivity contribution < 1.29 is 27.4 Å². The Morgan fingerprint density at radius 2 is 2.00 bits per heavy atom. The zero-order valence-corrected chi connectivity index (χ0v) is 18.5. The van der Waals surface area contributed by atoms with E-state index in [-0.39, 0.29) is 17.7 Å². The van der Waals surface area contributed by atoms with Crippen molar-refractivity contribution in [2.24, 2.45) is 5.92 Å². The second kappa shape index (κ2) is 9.42. The highest BCUT2D eigenvalue weighted by atomic mass is 19.4.